The minimum absolute atomic E-state index is 0.931. The SMILES string of the molecule is C=CCc1ccc2c(c1C)C=C=CC=C2. The van der Waals surface area contributed by atoms with Crippen molar-refractivity contribution in [3.63, 3.8) is 0 Å². The van der Waals surface area contributed by atoms with Gasteiger partial charge in [0, 0.05) is 0 Å². The summed E-state index contributed by atoms with van der Waals surface area (Å²) in [5, 5.41) is 0. The molecule has 0 saturated carbocycles. The van der Waals surface area contributed by atoms with Crippen molar-refractivity contribution in [2.45, 2.75) is 13.3 Å². The van der Waals surface area contributed by atoms with Crippen LogP contribution in [0, 0.1) is 6.92 Å². The summed E-state index contributed by atoms with van der Waals surface area (Å²) in [5.41, 5.74) is 8.37. The molecule has 1 aliphatic carbocycles. The smallest absolute Gasteiger partial charge is 0.00746 e. The maximum atomic E-state index is 3.78. The Morgan fingerprint density at radius 3 is 3.07 bits per heavy atom. The lowest BCUT2D eigenvalue weighted by Gasteiger charge is -2.09. The van der Waals surface area contributed by atoms with Gasteiger partial charge in [0.05, 0.1) is 0 Å². The zero-order valence-electron chi connectivity index (χ0n) is 8.96. The lowest BCUT2D eigenvalue weighted by atomic mass is 9.95. The molecule has 1 aromatic carbocycles. The highest BCUT2D eigenvalue weighted by atomic mass is 14.1. The van der Waals surface area contributed by atoms with E-state index in [0.717, 1.165) is 6.42 Å². The molecule has 0 spiro atoms. The Hall–Kier alpha value is -1.78. The molecule has 0 radical (unpaired) electrons. The quantitative estimate of drug-likeness (QED) is 0.494. The molecule has 0 fully saturated rings. The topological polar surface area (TPSA) is 0 Å². The Morgan fingerprint density at radius 1 is 1.40 bits per heavy atom. The second-order valence-corrected chi connectivity index (χ2v) is 3.68. The van der Waals surface area contributed by atoms with Crippen molar-refractivity contribution in [1.82, 2.24) is 0 Å². The highest BCUT2D eigenvalue weighted by Gasteiger charge is 2.05. The first kappa shape index (κ1) is 9.76. The van der Waals surface area contributed by atoms with E-state index in [1.54, 1.807) is 0 Å². The van der Waals surface area contributed by atoms with E-state index in [4.69, 9.17) is 0 Å². The summed E-state index contributed by atoms with van der Waals surface area (Å²) in [6.45, 7) is 5.94. The second kappa shape index (κ2) is 4.16. The van der Waals surface area contributed by atoms with Crippen LogP contribution in [0.25, 0.3) is 12.2 Å². The Labute approximate surface area is 91.0 Å². The summed E-state index contributed by atoms with van der Waals surface area (Å²) in [6.07, 6.45) is 11.0. The normalized spacial score (nSPS) is 12.3. The molecule has 74 valence electrons. The van der Waals surface area contributed by atoms with E-state index in [1.165, 1.54) is 22.3 Å². The van der Waals surface area contributed by atoms with Crippen LogP contribution in [-0.4, -0.2) is 0 Å². The minimum atomic E-state index is 0.931. The van der Waals surface area contributed by atoms with Crippen molar-refractivity contribution in [1.29, 1.82) is 0 Å². The van der Waals surface area contributed by atoms with Crippen LogP contribution in [0.3, 0.4) is 0 Å². The first-order valence-corrected chi connectivity index (χ1v) is 5.15. The van der Waals surface area contributed by atoms with Crippen LogP contribution in [0.15, 0.2) is 42.7 Å². The van der Waals surface area contributed by atoms with E-state index < -0.39 is 0 Å². The van der Waals surface area contributed by atoms with E-state index in [2.05, 4.69) is 43.5 Å². The first-order valence-electron chi connectivity index (χ1n) is 5.15. The van der Waals surface area contributed by atoms with Gasteiger partial charge in [0.25, 0.3) is 0 Å². The molecule has 0 N–H and O–H groups in total. The van der Waals surface area contributed by atoms with Gasteiger partial charge in [-0.3, -0.25) is 0 Å². The third-order valence-electron chi connectivity index (χ3n) is 2.72. The van der Waals surface area contributed by atoms with Crippen molar-refractivity contribution in [3.05, 3.63) is 64.9 Å². The Kier molecular flexibility index (Phi) is 2.71. The molecule has 0 atom stereocenters. The number of allylic oxidation sites excluding steroid dienone is 3. The minimum Gasteiger partial charge on any atom is -0.120 e. The summed E-state index contributed by atoms with van der Waals surface area (Å²) >= 11 is 0. The summed E-state index contributed by atoms with van der Waals surface area (Å²) < 4.78 is 0. The molecule has 2 rings (SSSR count). The predicted molar refractivity (Wildman–Crippen MR) is 66.7 cm³/mol. The van der Waals surface area contributed by atoms with Crippen LogP contribution in [0.2, 0.25) is 0 Å². The lowest BCUT2D eigenvalue weighted by molar-refractivity contribution is 1.21. The van der Waals surface area contributed by atoms with Crippen LogP contribution in [0.1, 0.15) is 22.3 Å². The molecule has 1 aliphatic rings. The predicted octanol–water partition coefficient (Wildman–Crippen LogP) is 3.92. The van der Waals surface area contributed by atoms with Crippen LogP contribution >= 0.6 is 0 Å². The van der Waals surface area contributed by atoms with Gasteiger partial charge in [-0.1, -0.05) is 30.4 Å². The fourth-order valence-electron chi connectivity index (χ4n) is 1.85. The molecular formula is C15H14. The molecule has 0 heterocycles. The van der Waals surface area contributed by atoms with Gasteiger partial charge in [0.2, 0.25) is 0 Å². The molecule has 0 unspecified atom stereocenters. The molecule has 0 amide bonds. The lowest BCUT2D eigenvalue weighted by Crippen LogP contribution is -1.93. The first-order chi connectivity index (χ1) is 7.33. The van der Waals surface area contributed by atoms with Gasteiger partial charge in [-0.2, -0.15) is 0 Å². The summed E-state index contributed by atoms with van der Waals surface area (Å²) in [5.74, 6) is 0. The summed E-state index contributed by atoms with van der Waals surface area (Å²) in [6, 6.07) is 4.34. The molecular weight excluding hydrogens is 180 g/mol. The maximum absolute atomic E-state index is 3.78. The summed E-state index contributed by atoms with van der Waals surface area (Å²) in [7, 11) is 0. The molecule has 0 bridgehead atoms. The monoisotopic (exact) mass is 194 g/mol. The molecule has 0 heteroatoms. The van der Waals surface area contributed by atoms with Crippen molar-refractivity contribution >= 4 is 12.2 Å². The van der Waals surface area contributed by atoms with Crippen LogP contribution in [-0.2, 0) is 6.42 Å². The molecule has 1 aromatic rings. The number of hydrogen-bond donors (Lipinski definition) is 0. The zero-order chi connectivity index (χ0) is 10.7. The van der Waals surface area contributed by atoms with E-state index >= 15 is 0 Å². The molecule has 0 aromatic heterocycles. The van der Waals surface area contributed by atoms with E-state index in [9.17, 15) is 0 Å². The fourth-order valence-corrected chi connectivity index (χ4v) is 1.85. The number of fused-ring (bicyclic) bond motifs is 1. The third-order valence-corrected chi connectivity index (χ3v) is 2.72. The highest BCUT2D eigenvalue weighted by molar-refractivity contribution is 5.71. The van der Waals surface area contributed by atoms with Crippen LogP contribution in [0.5, 0.6) is 0 Å². The van der Waals surface area contributed by atoms with Gasteiger partial charge in [-0.15, -0.1) is 12.3 Å². The largest absolute Gasteiger partial charge is 0.120 e. The van der Waals surface area contributed by atoms with Gasteiger partial charge < -0.3 is 0 Å². The third kappa shape index (κ3) is 1.86. The number of hydrogen-bond acceptors (Lipinski definition) is 0. The van der Waals surface area contributed by atoms with Gasteiger partial charge in [-0.25, -0.2) is 0 Å². The van der Waals surface area contributed by atoms with Gasteiger partial charge >= 0.3 is 0 Å². The summed E-state index contributed by atoms with van der Waals surface area (Å²) in [4.78, 5) is 0. The molecule has 0 aliphatic heterocycles. The molecule has 0 nitrogen and oxygen atoms in total. The Morgan fingerprint density at radius 2 is 2.27 bits per heavy atom. The standard InChI is InChI=1S/C15H14/c1-3-7-13-10-11-14-8-5-4-6-9-15(14)12(13)2/h3-5,8-11H,1,7H2,2H3. The highest BCUT2D eigenvalue weighted by Crippen LogP contribution is 2.23. The van der Waals surface area contributed by atoms with Crippen molar-refractivity contribution in [3.8, 4) is 0 Å². The van der Waals surface area contributed by atoms with Crippen LogP contribution < -0.4 is 0 Å². The van der Waals surface area contributed by atoms with Crippen LogP contribution in [0.4, 0.5) is 0 Å². The van der Waals surface area contributed by atoms with Crippen molar-refractivity contribution in [2.75, 3.05) is 0 Å². The molecule has 0 saturated heterocycles. The number of benzene rings is 1. The maximum Gasteiger partial charge on any atom is -0.00746 e. The van der Waals surface area contributed by atoms with Gasteiger partial charge in [0.15, 0.2) is 0 Å². The Bertz CT molecular complexity index is 481. The van der Waals surface area contributed by atoms with Crippen molar-refractivity contribution in [2.24, 2.45) is 0 Å². The van der Waals surface area contributed by atoms with E-state index in [1.807, 2.05) is 18.2 Å². The molecule has 15 heavy (non-hydrogen) atoms. The average Bonchev–Trinajstić information content (AvgIpc) is 2.48. The second-order valence-electron chi connectivity index (χ2n) is 3.68. The van der Waals surface area contributed by atoms with E-state index in [0.29, 0.717) is 0 Å². The van der Waals surface area contributed by atoms with Gasteiger partial charge in [0.1, 0.15) is 0 Å². The fraction of sp³-hybridized carbons (Fsp3) is 0.133. The zero-order valence-corrected chi connectivity index (χ0v) is 8.96. The Balaban J connectivity index is 2.61. The number of rotatable bonds is 2. The van der Waals surface area contributed by atoms with Crippen molar-refractivity contribution < 1.29 is 0 Å². The average molecular weight is 194 g/mol. The van der Waals surface area contributed by atoms with E-state index in [-0.39, 0.29) is 0 Å². The van der Waals surface area contributed by atoms with Gasteiger partial charge in [-0.05, 0) is 47.8 Å².